The zero-order valence-electron chi connectivity index (χ0n) is 9.95. The van der Waals surface area contributed by atoms with Crippen molar-refractivity contribution < 1.29 is 9.53 Å². The first-order valence-corrected chi connectivity index (χ1v) is 6.42. The van der Waals surface area contributed by atoms with E-state index in [1.54, 1.807) is 6.07 Å². The maximum atomic E-state index is 11.7. The van der Waals surface area contributed by atoms with Crippen LogP contribution in [0.2, 0.25) is 0 Å². The first-order chi connectivity index (χ1) is 8.10. The second-order valence-corrected chi connectivity index (χ2v) is 6.08. The molecule has 4 rings (SSSR count). The van der Waals surface area contributed by atoms with Gasteiger partial charge in [-0.05, 0) is 56.3 Å². The Hall–Kier alpha value is -1.30. The van der Waals surface area contributed by atoms with Crippen molar-refractivity contribution in [3.05, 3.63) is 12.2 Å². The Morgan fingerprint density at radius 1 is 1.18 bits per heavy atom. The molecule has 4 saturated carbocycles. The quantitative estimate of drug-likeness (QED) is 0.417. The number of hydrogen-bond donors (Lipinski definition) is 0. The van der Waals surface area contributed by atoms with E-state index in [1.807, 2.05) is 0 Å². The lowest BCUT2D eigenvalue weighted by Gasteiger charge is -2.55. The lowest BCUT2D eigenvalue weighted by molar-refractivity contribution is -0.181. The molecule has 17 heavy (non-hydrogen) atoms. The maximum Gasteiger partial charge on any atom is 0.348 e. The summed E-state index contributed by atoms with van der Waals surface area (Å²) in [5.41, 5.74) is -0.327. The van der Waals surface area contributed by atoms with Crippen molar-refractivity contribution >= 4 is 5.97 Å². The van der Waals surface area contributed by atoms with Crippen molar-refractivity contribution in [2.75, 3.05) is 0 Å². The van der Waals surface area contributed by atoms with Gasteiger partial charge in [0.15, 0.2) is 0 Å². The lowest BCUT2D eigenvalue weighted by atomic mass is 9.54. The molecule has 0 saturated heterocycles. The van der Waals surface area contributed by atoms with Crippen LogP contribution >= 0.6 is 0 Å². The number of rotatable bonds is 2. The molecule has 0 aliphatic heterocycles. The molecule has 0 aromatic carbocycles. The zero-order valence-corrected chi connectivity index (χ0v) is 9.95. The maximum absolute atomic E-state index is 11.7. The van der Waals surface area contributed by atoms with Crippen LogP contribution < -0.4 is 0 Å². The standard InChI is InChI=1S/C14H17NO2/c1-9(8-15)13(16)17-14-5-10-2-11(6-14)4-12(3-10)7-14/h10-12H,1-7H2. The van der Waals surface area contributed by atoms with Gasteiger partial charge in [-0.1, -0.05) is 6.58 Å². The Balaban J connectivity index is 1.77. The molecule has 90 valence electrons. The van der Waals surface area contributed by atoms with E-state index in [2.05, 4.69) is 6.58 Å². The van der Waals surface area contributed by atoms with Gasteiger partial charge in [0.1, 0.15) is 17.2 Å². The number of esters is 1. The van der Waals surface area contributed by atoms with Crippen molar-refractivity contribution in [1.82, 2.24) is 0 Å². The van der Waals surface area contributed by atoms with Crippen LogP contribution in [0.15, 0.2) is 12.2 Å². The Morgan fingerprint density at radius 3 is 2.06 bits per heavy atom. The highest BCUT2D eigenvalue weighted by atomic mass is 16.6. The predicted octanol–water partition coefficient (Wildman–Crippen LogP) is 2.58. The molecule has 0 spiro atoms. The smallest absolute Gasteiger partial charge is 0.348 e. The van der Waals surface area contributed by atoms with Crippen molar-refractivity contribution in [2.45, 2.75) is 44.1 Å². The zero-order chi connectivity index (χ0) is 12.0. The molecule has 0 amide bonds. The third kappa shape index (κ3) is 1.76. The second-order valence-electron chi connectivity index (χ2n) is 6.08. The van der Waals surface area contributed by atoms with Gasteiger partial charge in [-0.15, -0.1) is 0 Å². The normalized spacial score (nSPS) is 41.9. The van der Waals surface area contributed by atoms with Crippen LogP contribution in [0.1, 0.15) is 38.5 Å². The summed E-state index contributed by atoms with van der Waals surface area (Å²) in [5.74, 6) is 1.72. The van der Waals surface area contributed by atoms with Gasteiger partial charge in [-0.3, -0.25) is 0 Å². The largest absolute Gasteiger partial charge is 0.455 e. The molecule has 4 aliphatic carbocycles. The van der Waals surface area contributed by atoms with Gasteiger partial charge < -0.3 is 4.74 Å². The van der Waals surface area contributed by atoms with Crippen molar-refractivity contribution in [1.29, 1.82) is 5.26 Å². The predicted molar refractivity (Wildman–Crippen MR) is 61.7 cm³/mol. The monoisotopic (exact) mass is 231 g/mol. The Kier molecular flexibility index (Phi) is 2.29. The summed E-state index contributed by atoms with van der Waals surface area (Å²) in [6, 6.07) is 1.78. The number of ether oxygens (including phenoxy) is 1. The first-order valence-electron chi connectivity index (χ1n) is 6.42. The van der Waals surface area contributed by atoms with Gasteiger partial charge in [-0.2, -0.15) is 5.26 Å². The highest BCUT2D eigenvalue weighted by Gasteiger charge is 2.53. The molecule has 0 aromatic rings. The van der Waals surface area contributed by atoms with Crippen molar-refractivity contribution in [3.8, 4) is 6.07 Å². The molecule has 0 N–H and O–H groups in total. The van der Waals surface area contributed by atoms with Crippen LogP contribution in [0.25, 0.3) is 0 Å². The number of carbonyl (C=O) groups is 1. The Bertz CT molecular complexity index is 383. The molecular formula is C14H17NO2. The average Bonchev–Trinajstić information content (AvgIpc) is 2.25. The minimum atomic E-state index is -0.505. The van der Waals surface area contributed by atoms with E-state index in [0.29, 0.717) is 0 Å². The molecule has 0 atom stereocenters. The Morgan fingerprint density at radius 2 is 1.65 bits per heavy atom. The molecule has 4 fully saturated rings. The van der Waals surface area contributed by atoms with E-state index in [4.69, 9.17) is 10.00 Å². The molecule has 0 unspecified atom stereocenters. The molecule has 0 heterocycles. The third-order valence-corrected chi connectivity index (χ3v) is 4.67. The molecule has 3 nitrogen and oxygen atoms in total. The van der Waals surface area contributed by atoms with Gasteiger partial charge >= 0.3 is 5.97 Å². The topological polar surface area (TPSA) is 50.1 Å². The van der Waals surface area contributed by atoms with E-state index in [0.717, 1.165) is 37.0 Å². The summed E-state index contributed by atoms with van der Waals surface area (Å²) in [6.45, 7) is 3.44. The fraction of sp³-hybridized carbons (Fsp3) is 0.714. The lowest BCUT2D eigenvalue weighted by Crippen LogP contribution is -2.52. The van der Waals surface area contributed by atoms with E-state index in [-0.39, 0.29) is 11.2 Å². The summed E-state index contributed by atoms with van der Waals surface area (Å²) >= 11 is 0. The number of hydrogen-bond acceptors (Lipinski definition) is 3. The molecule has 0 radical (unpaired) electrons. The first kappa shape index (κ1) is 10.8. The minimum Gasteiger partial charge on any atom is -0.455 e. The average molecular weight is 231 g/mol. The molecule has 4 bridgehead atoms. The summed E-state index contributed by atoms with van der Waals surface area (Å²) in [6.07, 6.45) is 6.96. The van der Waals surface area contributed by atoms with Gasteiger partial charge in [0.2, 0.25) is 0 Å². The summed E-state index contributed by atoms with van der Waals surface area (Å²) < 4.78 is 5.64. The molecule has 4 aliphatic rings. The fourth-order valence-electron chi connectivity index (χ4n) is 4.46. The van der Waals surface area contributed by atoms with Crippen LogP contribution in [-0.4, -0.2) is 11.6 Å². The molecule has 3 heteroatoms. The third-order valence-electron chi connectivity index (χ3n) is 4.67. The van der Waals surface area contributed by atoms with Crippen molar-refractivity contribution in [3.63, 3.8) is 0 Å². The number of nitrogens with zero attached hydrogens (tertiary/aromatic N) is 1. The minimum absolute atomic E-state index is 0.0688. The van der Waals surface area contributed by atoms with E-state index < -0.39 is 5.97 Å². The van der Waals surface area contributed by atoms with Gasteiger partial charge in [0, 0.05) is 0 Å². The SMILES string of the molecule is C=C(C#N)C(=O)OC12CC3CC(CC(C3)C1)C2. The van der Waals surface area contributed by atoms with Gasteiger partial charge in [0.25, 0.3) is 0 Å². The van der Waals surface area contributed by atoms with Gasteiger partial charge in [0.05, 0.1) is 0 Å². The number of carbonyl (C=O) groups excluding carboxylic acids is 1. The summed E-state index contributed by atoms with van der Waals surface area (Å²) in [5, 5.41) is 8.67. The van der Waals surface area contributed by atoms with Crippen molar-refractivity contribution in [2.24, 2.45) is 17.8 Å². The van der Waals surface area contributed by atoms with Crippen LogP contribution in [-0.2, 0) is 9.53 Å². The summed E-state index contributed by atoms with van der Waals surface area (Å²) in [4.78, 5) is 11.7. The van der Waals surface area contributed by atoms with E-state index in [9.17, 15) is 4.79 Å². The van der Waals surface area contributed by atoms with E-state index in [1.165, 1.54) is 19.3 Å². The Labute approximate surface area is 101 Å². The second kappa shape index (κ2) is 3.60. The van der Waals surface area contributed by atoms with E-state index >= 15 is 0 Å². The summed E-state index contributed by atoms with van der Waals surface area (Å²) in [7, 11) is 0. The van der Waals surface area contributed by atoms with Gasteiger partial charge in [-0.25, -0.2) is 4.79 Å². The fourth-order valence-corrected chi connectivity index (χ4v) is 4.46. The van der Waals surface area contributed by atoms with Crippen LogP contribution in [0.5, 0.6) is 0 Å². The highest BCUT2D eigenvalue weighted by Crippen LogP contribution is 2.57. The highest BCUT2D eigenvalue weighted by molar-refractivity contribution is 5.92. The number of nitriles is 1. The van der Waals surface area contributed by atoms with Crippen LogP contribution in [0, 0.1) is 29.1 Å². The van der Waals surface area contributed by atoms with Crippen LogP contribution in [0.3, 0.4) is 0 Å². The molecular weight excluding hydrogens is 214 g/mol. The molecule has 0 aromatic heterocycles. The van der Waals surface area contributed by atoms with Crippen LogP contribution in [0.4, 0.5) is 0 Å².